The highest BCUT2D eigenvalue weighted by atomic mass is 19.1. The van der Waals surface area contributed by atoms with Crippen LogP contribution in [0.2, 0.25) is 0 Å². The van der Waals surface area contributed by atoms with Gasteiger partial charge in [0.2, 0.25) is 0 Å². The molecule has 2 unspecified atom stereocenters. The molecule has 2 heterocycles. The molecule has 0 amide bonds. The van der Waals surface area contributed by atoms with Gasteiger partial charge in [-0.1, -0.05) is 12.1 Å². The molecule has 2 saturated heterocycles. The summed E-state index contributed by atoms with van der Waals surface area (Å²) in [5, 5.41) is 3.51. The summed E-state index contributed by atoms with van der Waals surface area (Å²) in [6.45, 7) is 3.87. The number of hydrogen-bond donors (Lipinski definition) is 1. The van der Waals surface area contributed by atoms with E-state index in [0.29, 0.717) is 11.3 Å². The minimum Gasteiger partial charge on any atom is -0.381 e. The Morgan fingerprint density at radius 1 is 1.11 bits per heavy atom. The summed E-state index contributed by atoms with van der Waals surface area (Å²) in [5.41, 5.74) is 1.62. The van der Waals surface area contributed by atoms with E-state index in [1.54, 1.807) is 12.1 Å². The summed E-state index contributed by atoms with van der Waals surface area (Å²) in [4.78, 5) is 0. The summed E-state index contributed by atoms with van der Waals surface area (Å²) in [6.07, 6.45) is 4.73. The molecule has 1 aromatic carbocycles. The van der Waals surface area contributed by atoms with Gasteiger partial charge in [-0.05, 0) is 55.3 Å². The summed E-state index contributed by atoms with van der Waals surface area (Å²) in [7, 11) is 0. The van der Waals surface area contributed by atoms with E-state index in [-0.39, 0.29) is 5.82 Å². The van der Waals surface area contributed by atoms with Crippen LogP contribution in [0.15, 0.2) is 24.3 Å². The van der Waals surface area contributed by atoms with Crippen molar-refractivity contribution in [2.24, 2.45) is 5.41 Å². The molecule has 2 atom stereocenters. The fourth-order valence-electron chi connectivity index (χ4n) is 3.77. The predicted molar refractivity (Wildman–Crippen MR) is 73.7 cm³/mol. The fraction of sp³-hybridized carbons (Fsp3) is 0.625. The molecule has 0 bridgehead atoms. The molecular weight excluding hydrogens is 241 g/mol. The molecule has 2 fully saturated rings. The van der Waals surface area contributed by atoms with Crippen molar-refractivity contribution in [1.29, 1.82) is 0 Å². The average Bonchev–Trinajstić information content (AvgIpc) is 2.67. The van der Waals surface area contributed by atoms with E-state index >= 15 is 0 Å². The fourth-order valence-corrected chi connectivity index (χ4v) is 3.77. The Morgan fingerprint density at radius 2 is 1.95 bits per heavy atom. The highest BCUT2D eigenvalue weighted by Crippen LogP contribution is 2.48. The monoisotopic (exact) mass is 263 g/mol. The third-order valence-electron chi connectivity index (χ3n) is 4.87. The lowest BCUT2D eigenvalue weighted by Crippen LogP contribution is -2.43. The zero-order valence-electron chi connectivity index (χ0n) is 11.3. The Morgan fingerprint density at radius 3 is 2.79 bits per heavy atom. The first-order chi connectivity index (χ1) is 9.30. The van der Waals surface area contributed by atoms with Crippen molar-refractivity contribution in [2.75, 3.05) is 26.3 Å². The topological polar surface area (TPSA) is 21.3 Å². The quantitative estimate of drug-likeness (QED) is 0.840. The molecule has 104 valence electrons. The maximum atomic E-state index is 13.1. The summed E-state index contributed by atoms with van der Waals surface area (Å²) in [5.74, 6) is 0.342. The molecular formula is C16H22FNO. The summed E-state index contributed by atoms with van der Waals surface area (Å²) in [6, 6.07) is 7.09. The third-order valence-corrected chi connectivity index (χ3v) is 4.87. The van der Waals surface area contributed by atoms with Crippen LogP contribution in [-0.2, 0) is 4.74 Å². The van der Waals surface area contributed by atoms with E-state index in [1.165, 1.54) is 18.4 Å². The predicted octanol–water partition coefficient (Wildman–Crippen LogP) is 3.09. The van der Waals surface area contributed by atoms with Crippen LogP contribution in [0.25, 0.3) is 0 Å². The smallest absolute Gasteiger partial charge is 0.123 e. The minimum atomic E-state index is -0.147. The van der Waals surface area contributed by atoms with Crippen molar-refractivity contribution in [2.45, 2.75) is 31.6 Å². The van der Waals surface area contributed by atoms with E-state index < -0.39 is 0 Å². The van der Waals surface area contributed by atoms with E-state index in [9.17, 15) is 4.39 Å². The van der Waals surface area contributed by atoms with Crippen molar-refractivity contribution >= 4 is 0 Å². The lowest BCUT2D eigenvalue weighted by atomic mass is 9.64. The number of ether oxygens (including phenoxy) is 1. The second kappa shape index (κ2) is 5.59. The molecule has 2 nitrogen and oxygen atoms in total. The highest BCUT2D eigenvalue weighted by molar-refractivity contribution is 5.24. The Kier molecular flexibility index (Phi) is 3.85. The summed E-state index contributed by atoms with van der Waals surface area (Å²) < 4.78 is 18.8. The van der Waals surface area contributed by atoms with Crippen LogP contribution in [0.1, 0.15) is 37.2 Å². The van der Waals surface area contributed by atoms with Crippen LogP contribution in [0.3, 0.4) is 0 Å². The van der Waals surface area contributed by atoms with Gasteiger partial charge >= 0.3 is 0 Å². The molecule has 0 saturated carbocycles. The molecule has 19 heavy (non-hydrogen) atoms. The van der Waals surface area contributed by atoms with Crippen molar-refractivity contribution < 1.29 is 9.13 Å². The summed E-state index contributed by atoms with van der Waals surface area (Å²) >= 11 is 0. The number of hydrogen-bond acceptors (Lipinski definition) is 2. The van der Waals surface area contributed by atoms with Gasteiger partial charge in [0.05, 0.1) is 0 Å². The van der Waals surface area contributed by atoms with Crippen LogP contribution >= 0.6 is 0 Å². The molecule has 2 aliphatic heterocycles. The van der Waals surface area contributed by atoms with Gasteiger partial charge in [-0.25, -0.2) is 4.39 Å². The maximum Gasteiger partial charge on any atom is 0.123 e. The Balaban J connectivity index is 1.89. The highest BCUT2D eigenvalue weighted by Gasteiger charge is 2.41. The number of halogens is 1. The van der Waals surface area contributed by atoms with E-state index in [1.807, 2.05) is 12.1 Å². The second-order valence-corrected chi connectivity index (χ2v) is 5.89. The minimum absolute atomic E-state index is 0.147. The molecule has 0 radical (unpaired) electrons. The zero-order valence-corrected chi connectivity index (χ0v) is 11.3. The van der Waals surface area contributed by atoms with Gasteiger partial charge in [0.25, 0.3) is 0 Å². The van der Waals surface area contributed by atoms with Crippen molar-refractivity contribution in [1.82, 2.24) is 5.32 Å². The molecule has 1 spiro atoms. The SMILES string of the molecule is Fc1ccc(C2CNCCC23CCCOCC3)cc1. The third kappa shape index (κ3) is 2.67. The molecule has 0 aromatic heterocycles. The average molecular weight is 263 g/mol. The van der Waals surface area contributed by atoms with E-state index in [2.05, 4.69) is 5.32 Å². The zero-order chi connectivity index (χ0) is 13.1. The van der Waals surface area contributed by atoms with Crippen LogP contribution in [0.5, 0.6) is 0 Å². The lowest BCUT2D eigenvalue weighted by molar-refractivity contribution is 0.103. The van der Waals surface area contributed by atoms with E-state index in [0.717, 1.165) is 39.1 Å². The van der Waals surface area contributed by atoms with Gasteiger partial charge < -0.3 is 10.1 Å². The van der Waals surface area contributed by atoms with Crippen LogP contribution in [-0.4, -0.2) is 26.3 Å². The molecule has 0 aliphatic carbocycles. The number of nitrogens with one attached hydrogen (secondary N) is 1. The maximum absolute atomic E-state index is 13.1. The Hall–Kier alpha value is -0.930. The number of benzene rings is 1. The van der Waals surface area contributed by atoms with E-state index in [4.69, 9.17) is 4.74 Å². The Bertz CT molecular complexity index is 409. The lowest BCUT2D eigenvalue weighted by Gasteiger charge is -2.44. The Labute approximate surface area is 114 Å². The van der Waals surface area contributed by atoms with Gasteiger partial charge in [-0.15, -0.1) is 0 Å². The first-order valence-corrected chi connectivity index (χ1v) is 7.34. The molecule has 3 heteroatoms. The second-order valence-electron chi connectivity index (χ2n) is 5.89. The van der Waals surface area contributed by atoms with Crippen molar-refractivity contribution in [3.05, 3.63) is 35.6 Å². The van der Waals surface area contributed by atoms with Gasteiger partial charge in [0, 0.05) is 25.7 Å². The molecule has 3 rings (SSSR count). The molecule has 1 N–H and O–H groups in total. The normalized spacial score (nSPS) is 32.2. The first kappa shape index (κ1) is 13.1. The number of rotatable bonds is 1. The van der Waals surface area contributed by atoms with Crippen LogP contribution in [0.4, 0.5) is 4.39 Å². The van der Waals surface area contributed by atoms with Gasteiger partial charge in [0.1, 0.15) is 5.82 Å². The van der Waals surface area contributed by atoms with Gasteiger partial charge in [-0.2, -0.15) is 0 Å². The first-order valence-electron chi connectivity index (χ1n) is 7.34. The number of piperidine rings is 1. The molecule has 1 aromatic rings. The van der Waals surface area contributed by atoms with Crippen molar-refractivity contribution in [3.8, 4) is 0 Å². The molecule has 2 aliphatic rings. The standard InChI is InChI=1S/C16H22FNO/c17-14-4-2-13(3-5-14)15-12-18-9-7-16(15)6-1-10-19-11-8-16/h2-5,15,18H,1,6-12H2. The van der Waals surface area contributed by atoms with Crippen LogP contribution in [0, 0.1) is 11.2 Å². The van der Waals surface area contributed by atoms with Gasteiger partial charge in [0.15, 0.2) is 0 Å². The van der Waals surface area contributed by atoms with Crippen molar-refractivity contribution in [3.63, 3.8) is 0 Å². The largest absolute Gasteiger partial charge is 0.381 e. The van der Waals surface area contributed by atoms with Gasteiger partial charge in [-0.3, -0.25) is 0 Å². The van der Waals surface area contributed by atoms with Crippen LogP contribution < -0.4 is 5.32 Å².